The number of para-hydroxylation sites is 1. The molecule has 0 bridgehead atoms. The van der Waals surface area contributed by atoms with E-state index in [4.69, 9.17) is 4.74 Å². The Balaban J connectivity index is 2.29. The molecule has 0 aliphatic carbocycles. The molecule has 0 aliphatic rings. The second-order valence-corrected chi connectivity index (χ2v) is 3.92. The Morgan fingerprint density at radius 1 is 1.42 bits per heavy atom. The van der Waals surface area contributed by atoms with E-state index in [2.05, 4.69) is 10.1 Å². The maximum Gasteiger partial charge on any atom is 0.343 e. The average Bonchev–Trinajstić information content (AvgIpc) is 2.81. The number of hydrogen-bond acceptors (Lipinski definition) is 5. The molecule has 2 rings (SSSR count). The van der Waals surface area contributed by atoms with Crippen LogP contribution in [0.25, 0.3) is 5.69 Å². The number of rotatable bonds is 4. The van der Waals surface area contributed by atoms with E-state index in [-0.39, 0.29) is 12.4 Å². The van der Waals surface area contributed by atoms with Gasteiger partial charge in [0.2, 0.25) is 6.10 Å². The molecule has 6 nitrogen and oxygen atoms in total. The minimum atomic E-state index is -1.45. The molecule has 1 atom stereocenters. The number of carbonyl (C=O) groups is 1. The Labute approximate surface area is 110 Å². The third-order valence-electron chi connectivity index (χ3n) is 2.54. The van der Waals surface area contributed by atoms with Crippen LogP contribution in [0, 0.1) is 6.92 Å². The highest BCUT2D eigenvalue weighted by Gasteiger charge is 2.24. The minimum Gasteiger partial charge on any atom is -0.464 e. The maximum atomic E-state index is 11.4. The van der Waals surface area contributed by atoms with Gasteiger partial charge in [-0.1, -0.05) is 18.2 Å². The molecule has 1 heterocycles. The predicted octanol–water partition coefficient (Wildman–Crippen LogP) is 1.17. The molecular weight excluding hydrogens is 246 g/mol. The second kappa shape index (κ2) is 5.62. The summed E-state index contributed by atoms with van der Waals surface area (Å²) in [5, 5.41) is 13.9. The van der Waals surface area contributed by atoms with Gasteiger partial charge in [-0.15, -0.1) is 5.10 Å². The standard InChI is InChI=1S/C13H15N3O3/c1-3-19-13(18)11(17)12-14-9(2)16(15-12)10-7-5-4-6-8-10/h4-8,11,17H,3H2,1-2H3. The van der Waals surface area contributed by atoms with Gasteiger partial charge in [0.1, 0.15) is 5.82 Å². The summed E-state index contributed by atoms with van der Waals surface area (Å²) in [6.07, 6.45) is -1.45. The molecule has 1 aromatic heterocycles. The summed E-state index contributed by atoms with van der Waals surface area (Å²) in [5.74, 6) is -0.114. The van der Waals surface area contributed by atoms with Crippen molar-refractivity contribution in [2.24, 2.45) is 0 Å². The zero-order chi connectivity index (χ0) is 13.8. The molecule has 1 unspecified atom stereocenters. The third kappa shape index (κ3) is 2.79. The first-order chi connectivity index (χ1) is 9.13. The van der Waals surface area contributed by atoms with Gasteiger partial charge in [-0.3, -0.25) is 0 Å². The molecular formula is C13H15N3O3. The summed E-state index contributed by atoms with van der Waals surface area (Å²) in [5.41, 5.74) is 0.815. The molecule has 2 aromatic rings. The molecule has 0 saturated carbocycles. The second-order valence-electron chi connectivity index (χ2n) is 3.92. The normalized spacial score (nSPS) is 12.2. The zero-order valence-electron chi connectivity index (χ0n) is 10.8. The highest BCUT2D eigenvalue weighted by Crippen LogP contribution is 2.14. The topological polar surface area (TPSA) is 77.2 Å². The first-order valence-electron chi connectivity index (χ1n) is 5.97. The fourth-order valence-corrected chi connectivity index (χ4v) is 1.67. The van der Waals surface area contributed by atoms with E-state index in [0.29, 0.717) is 5.82 Å². The summed E-state index contributed by atoms with van der Waals surface area (Å²) in [4.78, 5) is 15.5. The van der Waals surface area contributed by atoms with Crippen molar-refractivity contribution in [3.05, 3.63) is 42.0 Å². The Morgan fingerprint density at radius 3 is 2.74 bits per heavy atom. The summed E-state index contributed by atoms with van der Waals surface area (Å²) >= 11 is 0. The van der Waals surface area contributed by atoms with E-state index in [0.717, 1.165) is 5.69 Å². The van der Waals surface area contributed by atoms with Crippen LogP contribution in [0.5, 0.6) is 0 Å². The quantitative estimate of drug-likeness (QED) is 0.836. The van der Waals surface area contributed by atoms with Gasteiger partial charge in [-0.05, 0) is 26.0 Å². The molecule has 0 amide bonds. The van der Waals surface area contributed by atoms with E-state index in [1.165, 1.54) is 0 Å². The zero-order valence-corrected chi connectivity index (χ0v) is 10.8. The Morgan fingerprint density at radius 2 is 2.11 bits per heavy atom. The lowest BCUT2D eigenvalue weighted by Gasteiger charge is -2.05. The van der Waals surface area contributed by atoms with Gasteiger partial charge >= 0.3 is 5.97 Å². The largest absolute Gasteiger partial charge is 0.464 e. The van der Waals surface area contributed by atoms with Crippen LogP contribution in [0.1, 0.15) is 24.7 Å². The Bertz CT molecular complexity index is 566. The fourth-order valence-electron chi connectivity index (χ4n) is 1.67. The van der Waals surface area contributed by atoms with Crippen molar-refractivity contribution in [1.82, 2.24) is 14.8 Å². The molecule has 19 heavy (non-hydrogen) atoms. The Kier molecular flexibility index (Phi) is 3.91. The number of aliphatic hydroxyl groups excluding tert-OH is 1. The van der Waals surface area contributed by atoms with Crippen LogP contribution < -0.4 is 0 Å². The average molecular weight is 261 g/mol. The third-order valence-corrected chi connectivity index (χ3v) is 2.54. The van der Waals surface area contributed by atoms with Crippen LogP contribution in [-0.4, -0.2) is 32.4 Å². The number of aromatic nitrogens is 3. The number of ether oxygens (including phenoxy) is 1. The number of nitrogens with zero attached hydrogens (tertiary/aromatic N) is 3. The van der Waals surface area contributed by atoms with Gasteiger partial charge in [0.25, 0.3) is 0 Å². The van der Waals surface area contributed by atoms with E-state index in [1.807, 2.05) is 30.3 Å². The van der Waals surface area contributed by atoms with Crippen LogP contribution in [0.3, 0.4) is 0 Å². The number of hydrogen-bond donors (Lipinski definition) is 1. The van der Waals surface area contributed by atoms with Crippen LogP contribution >= 0.6 is 0 Å². The highest BCUT2D eigenvalue weighted by molar-refractivity contribution is 5.75. The lowest BCUT2D eigenvalue weighted by atomic mass is 10.3. The highest BCUT2D eigenvalue weighted by atomic mass is 16.5. The molecule has 1 aromatic carbocycles. The van der Waals surface area contributed by atoms with Crippen LogP contribution in [-0.2, 0) is 9.53 Å². The van der Waals surface area contributed by atoms with Crippen LogP contribution in [0.4, 0.5) is 0 Å². The van der Waals surface area contributed by atoms with Crippen molar-refractivity contribution < 1.29 is 14.6 Å². The molecule has 1 N–H and O–H groups in total. The SMILES string of the molecule is CCOC(=O)C(O)c1nc(C)n(-c2ccccc2)n1. The van der Waals surface area contributed by atoms with Crippen LogP contribution in [0.2, 0.25) is 0 Å². The number of esters is 1. The molecule has 6 heteroatoms. The first-order valence-corrected chi connectivity index (χ1v) is 5.97. The summed E-state index contributed by atoms with van der Waals surface area (Å²) < 4.78 is 6.30. The van der Waals surface area contributed by atoms with Crippen molar-refractivity contribution in [2.75, 3.05) is 6.61 Å². The van der Waals surface area contributed by atoms with Gasteiger partial charge in [-0.25, -0.2) is 14.5 Å². The molecule has 100 valence electrons. The minimum absolute atomic E-state index is 0.0415. The molecule has 0 radical (unpaired) electrons. The van der Waals surface area contributed by atoms with Gasteiger partial charge in [-0.2, -0.15) is 0 Å². The lowest BCUT2D eigenvalue weighted by Crippen LogP contribution is -2.17. The maximum absolute atomic E-state index is 11.4. The van der Waals surface area contributed by atoms with E-state index in [1.54, 1.807) is 18.5 Å². The number of aliphatic hydroxyl groups is 1. The molecule has 0 aliphatic heterocycles. The smallest absolute Gasteiger partial charge is 0.343 e. The van der Waals surface area contributed by atoms with Crippen molar-refractivity contribution in [1.29, 1.82) is 0 Å². The summed E-state index contributed by atoms with van der Waals surface area (Å²) in [6, 6.07) is 9.37. The number of aryl methyl sites for hydroxylation is 1. The van der Waals surface area contributed by atoms with Gasteiger partial charge < -0.3 is 9.84 Å². The van der Waals surface area contributed by atoms with Crippen molar-refractivity contribution in [2.45, 2.75) is 20.0 Å². The van der Waals surface area contributed by atoms with Crippen molar-refractivity contribution in [3.63, 3.8) is 0 Å². The van der Waals surface area contributed by atoms with Crippen molar-refractivity contribution >= 4 is 5.97 Å². The van der Waals surface area contributed by atoms with Gasteiger partial charge in [0.05, 0.1) is 12.3 Å². The van der Waals surface area contributed by atoms with E-state index >= 15 is 0 Å². The van der Waals surface area contributed by atoms with Gasteiger partial charge in [0, 0.05) is 0 Å². The van der Waals surface area contributed by atoms with E-state index in [9.17, 15) is 9.90 Å². The summed E-state index contributed by atoms with van der Waals surface area (Å²) in [6.45, 7) is 3.63. The fraction of sp³-hybridized carbons (Fsp3) is 0.308. The van der Waals surface area contributed by atoms with E-state index < -0.39 is 12.1 Å². The number of carbonyl (C=O) groups excluding carboxylic acids is 1. The lowest BCUT2D eigenvalue weighted by molar-refractivity contribution is -0.153. The Hall–Kier alpha value is -2.21. The molecule has 0 fully saturated rings. The number of benzene rings is 1. The van der Waals surface area contributed by atoms with Crippen LogP contribution in [0.15, 0.2) is 30.3 Å². The monoisotopic (exact) mass is 261 g/mol. The molecule has 0 spiro atoms. The molecule has 0 saturated heterocycles. The summed E-state index contributed by atoms with van der Waals surface area (Å²) in [7, 11) is 0. The van der Waals surface area contributed by atoms with Gasteiger partial charge in [0.15, 0.2) is 5.82 Å². The van der Waals surface area contributed by atoms with Crippen molar-refractivity contribution in [3.8, 4) is 5.69 Å². The first kappa shape index (κ1) is 13.2. The predicted molar refractivity (Wildman–Crippen MR) is 67.7 cm³/mol.